The van der Waals surface area contributed by atoms with Gasteiger partial charge in [0.2, 0.25) is 5.91 Å². The van der Waals surface area contributed by atoms with Crippen molar-refractivity contribution in [3.63, 3.8) is 0 Å². The van der Waals surface area contributed by atoms with Crippen molar-refractivity contribution in [2.45, 2.75) is 38.8 Å². The van der Waals surface area contributed by atoms with E-state index >= 15 is 0 Å². The molecule has 1 aliphatic carbocycles. The van der Waals surface area contributed by atoms with Crippen molar-refractivity contribution in [3.05, 3.63) is 35.4 Å². The molecule has 2 rings (SSSR count). The van der Waals surface area contributed by atoms with Crippen LogP contribution in [0.1, 0.15) is 37.4 Å². The highest BCUT2D eigenvalue weighted by atomic mass is 35.5. The van der Waals surface area contributed by atoms with Crippen LogP contribution in [0.5, 0.6) is 0 Å². The van der Waals surface area contributed by atoms with Crippen LogP contribution in [0.25, 0.3) is 0 Å². The van der Waals surface area contributed by atoms with Crippen molar-refractivity contribution in [2.24, 2.45) is 11.1 Å². The van der Waals surface area contributed by atoms with E-state index in [-0.39, 0.29) is 36.4 Å². The summed E-state index contributed by atoms with van der Waals surface area (Å²) in [5, 5.41) is 3.11. The third-order valence-electron chi connectivity index (χ3n) is 4.16. The van der Waals surface area contributed by atoms with Crippen molar-refractivity contribution in [3.8, 4) is 0 Å². The third kappa shape index (κ3) is 3.96. The number of methoxy groups -OCH3 is 1. The van der Waals surface area contributed by atoms with Gasteiger partial charge < -0.3 is 15.8 Å². The van der Waals surface area contributed by atoms with Crippen LogP contribution in [0.15, 0.2) is 24.3 Å². The molecule has 2 unspecified atom stereocenters. The van der Waals surface area contributed by atoms with E-state index in [9.17, 15) is 4.79 Å². The Bertz CT molecular complexity index is 491. The van der Waals surface area contributed by atoms with E-state index in [1.807, 2.05) is 12.1 Å². The van der Waals surface area contributed by atoms with Crippen molar-refractivity contribution in [2.75, 3.05) is 13.7 Å². The minimum atomic E-state index is -0.620. The molecule has 0 saturated heterocycles. The summed E-state index contributed by atoms with van der Waals surface area (Å²) in [7, 11) is 1.55. The molecule has 4 nitrogen and oxygen atoms in total. The standard InChI is InChI=1S/C16H24N2O2.ClH/c1-16(2)9-8-11-6-4-5-7-12(11)14(16)18-15(19)13(17)10-20-3;/h4-7,13-14H,8-10,17H2,1-3H3,(H,18,19);1H. The molecule has 5 heteroatoms. The molecule has 1 amide bonds. The maximum atomic E-state index is 12.2. The number of ether oxygens (including phenoxy) is 1. The number of hydrogen-bond donors (Lipinski definition) is 2. The van der Waals surface area contributed by atoms with E-state index in [0.717, 1.165) is 12.8 Å². The second-order valence-electron chi connectivity index (χ2n) is 6.19. The fourth-order valence-corrected chi connectivity index (χ4v) is 2.84. The first-order chi connectivity index (χ1) is 9.45. The molecule has 21 heavy (non-hydrogen) atoms. The summed E-state index contributed by atoms with van der Waals surface area (Å²) in [5.74, 6) is -0.151. The van der Waals surface area contributed by atoms with Gasteiger partial charge in [0.15, 0.2) is 0 Å². The average Bonchev–Trinajstić information content (AvgIpc) is 2.42. The second-order valence-corrected chi connectivity index (χ2v) is 6.19. The fourth-order valence-electron chi connectivity index (χ4n) is 2.84. The topological polar surface area (TPSA) is 64.3 Å². The number of aryl methyl sites for hydroxylation is 1. The number of amides is 1. The molecular weight excluding hydrogens is 288 g/mol. The van der Waals surface area contributed by atoms with Gasteiger partial charge in [-0.3, -0.25) is 4.79 Å². The Labute approximate surface area is 132 Å². The quantitative estimate of drug-likeness (QED) is 0.896. The van der Waals surface area contributed by atoms with Gasteiger partial charge in [-0.2, -0.15) is 0 Å². The Hall–Kier alpha value is -1.10. The van der Waals surface area contributed by atoms with Gasteiger partial charge in [0, 0.05) is 7.11 Å². The first-order valence-electron chi connectivity index (χ1n) is 7.08. The molecule has 0 saturated carbocycles. The predicted octanol–water partition coefficient (Wildman–Crippen LogP) is 2.21. The highest BCUT2D eigenvalue weighted by Gasteiger charge is 2.37. The van der Waals surface area contributed by atoms with Crippen LogP contribution in [0.3, 0.4) is 0 Å². The maximum Gasteiger partial charge on any atom is 0.239 e. The zero-order chi connectivity index (χ0) is 14.8. The number of fused-ring (bicyclic) bond motifs is 1. The minimum absolute atomic E-state index is 0. The van der Waals surface area contributed by atoms with Gasteiger partial charge in [-0.15, -0.1) is 12.4 Å². The molecule has 0 fully saturated rings. The SMILES string of the molecule is COCC(N)C(=O)NC1c2ccccc2CCC1(C)C.Cl. The fraction of sp³-hybridized carbons (Fsp3) is 0.562. The van der Waals surface area contributed by atoms with Crippen LogP contribution >= 0.6 is 12.4 Å². The summed E-state index contributed by atoms with van der Waals surface area (Å²) in [6, 6.07) is 7.69. The lowest BCUT2D eigenvalue weighted by molar-refractivity contribution is -0.125. The van der Waals surface area contributed by atoms with Crippen LogP contribution in [0, 0.1) is 5.41 Å². The first kappa shape index (κ1) is 18.0. The summed E-state index contributed by atoms with van der Waals surface area (Å²) in [4.78, 5) is 12.2. The molecule has 118 valence electrons. The van der Waals surface area contributed by atoms with Crippen molar-refractivity contribution < 1.29 is 9.53 Å². The zero-order valence-electron chi connectivity index (χ0n) is 12.9. The lowest BCUT2D eigenvalue weighted by Crippen LogP contribution is -2.49. The normalized spacial score (nSPS) is 20.9. The van der Waals surface area contributed by atoms with Crippen LogP contribution in [0.4, 0.5) is 0 Å². The first-order valence-corrected chi connectivity index (χ1v) is 7.08. The smallest absolute Gasteiger partial charge is 0.239 e. The van der Waals surface area contributed by atoms with E-state index in [0.29, 0.717) is 0 Å². The van der Waals surface area contributed by atoms with Gasteiger partial charge in [0.25, 0.3) is 0 Å². The van der Waals surface area contributed by atoms with E-state index in [1.54, 1.807) is 7.11 Å². The average molecular weight is 313 g/mol. The zero-order valence-corrected chi connectivity index (χ0v) is 13.7. The molecule has 3 N–H and O–H groups in total. The van der Waals surface area contributed by atoms with Crippen LogP contribution in [0.2, 0.25) is 0 Å². The van der Waals surface area contributed by atoms with Crippen LogP contribution in [-0.2, 0) is 16.0 Å². The molecule has 1 aromatic rings. The Kier molecular flexibility index (Phi) is 6.20. The number of rotatable bonds is 4. The van der Waals surface area contributed by atoms with Crippen LogP contribution < -0.4 is 11.1 Å². The number of benzene rings is 1. The monoisotopic (exact) mass is 312 g/mol. The molecule has 2 atom stereocenters. The lowest BCUT2D eigenvalue weighted by Gasteiger charge is -2.40. The minimum Gasteiger partial charge on any atom is -0.383 e. The van der Waals surface area contributed by atoms with Gasteiger partial charge in [0.1, 0.15) is 6.04 Å². The van der Waals surface area contributed by atoms with E-state index in [2.05, 4.69) is 31.3 Å². The summed E-state index contributed by atoms with van der Waals surface area (Å²) in [6.07, 6.45) is 2.11. The Morgan fingerprint density at radius 2 is 2.14 bits per heavy atom. The largest absolute Gasteiger partial charge is 0.383 e. The molecule has 1 aromatic carbocycles. The summed E-state index contributed by atoms with van der Waals surface area (Å²) < 4.78 is 4.95. The molecule has 0 bridgehead atoms. The summed E-state index contributed by atoms with van der Waals surface area (Å²) in [6.45, 7) is 4.62. The molecule has 1 aliphatic rings. The summed E-state index contributed by atoms with van der Waals surface area (Å²) >= 11 is 0. The second kappa shape index (κ2) is 7.25. The number of nitrogens with two attached hydrogens (primary N) is 1. The number of carbonyl (C=O) groups excluding carboxylic acids is 1. The molecule has 0 heterocycles. The Morgan fingerprint density at radius 3 is 2.81 bits per heavy atom. The van der Waals surface area contributed by atoms with Crippen molar-refractivity contribution >= 4 is 18.3 Å². The van der Waals surface area contributed by atoms with E-state index in [4.69, 9.17) is 10.5 Å². The van der Waals surface area contributed by atoms with Gasteiger partial charge in [-0.25, -0.2) is 0 Å². The van der Waals surface area contributed by atoms with E-state index < -0.39 is 6.04 Å². The third-order valence-corrected chi connectivity index (χ3v) is 4.16. The predicted molar refractivity (Wildman–Crippen MR) is 86.5 cm³/mol. The van der Waals surface area contributed by atoms with Gasteiger partial charge in [-0.1, -0.05) is 38.1 Å². The highest BCUT2D eigenvalue weighted by molar-refractivity contribution is 5.85. The number of carbonyl (C=O) groups is 1. The summed E-state index contributed by atoms with van der Waals surface area (Å²) in [5.41, 5.74) is 8.37. The van der Waals surface area contributed by atoms with Crippen molar-refractivity contribution in [1.29, 1.82) is 0 Å². The molecule has 0 radical (unpaired) electrons. The molecule has 0 spiro atoms. The molecular formula is C16H25ClN2O2. The van der Waals surface area contributed by atoms with E-state index in [1.165, 1.54) is 11.1 Å². The lowest BCUT2D eigenvalue weighted by atomic mass is 9.70. The Balaban J connectivity index is 0.00000220. The van der Waals surface area contributed by atoms with Crippen molar-refractivity contribution in [1.82, 2.24) is 5.32 Å². The van der Waals surface area contributed by atoms with Gasteiger partial charge in [-0.05, 0) is 29.4 Å². The highest BCUT2D eigenvalue weighted by Crippen LogP contribution is 2.43. The van der Waals surface area contributed by atoms with Crippen LogP contribution in [-0.4, -0.2) is 25.7 Å². The maximum absolute atomic E-state index is 12.2. The van der Waals surface area contributed by atoms with Gasteiger partial charge >= 0.3 is 0 Å². The Morgan fingerprint density at radius 1 is 1.48 bits per heavy atom. The number of nitrogens with one attached hydrogen (secondary N) is 1. The molecule has 0 aromatic heterocycles. The molecule has 0 aliphatic heterocycles. The number of hydrogen-bond acceptors (Lipinski definition) is 3. The number of halogens is 1. The van der Waals surface area contributed by atoms with Gasteiger partial charge in [0.05, 0.1) is 12.6 Å².